The molecule has 0 bridgehead atoms. The molecule has 3 rings (SSSR count). The number of rotatable bonds is 4. The molecule has 6 nitrogen and oxygen atoms in total. The average molecular weight is 337 g/mol. The Morgan fingerprint density at radius 2 is 2.26 bits per heavy atom. The molecule has 7 heteroatoms. The number of thiazole rings is 1. The van der Waals surface area contributed by atoms with E-state index in [9.17, 15) is 9.90 Å². The zero-order chi connectivity index (χ0) is 16.2. The second-order valence-electron chi connectivity index (χ2n) is 6.02. The van der Waals surface area contributed by atoms with Gasteiger partial charge in [-0.3, -0.25) is 9.69 Å². The van der Waals surface area contributed by atoms with E-state index >= 15 is 0 Å². The highest BCUT2D eigenvalue weighted by molar-refractivity contribution is 7.09. The fourth-order valence-corrected chi connectivity index (χ4v) is 3.85. The van der Waals surface area contributed by atoms with Crippen molar-refractivity contribution < 1.29 is 14.6 Å². The van der Waals surface area contributed by atoms with Crippen LogP contribution in [-0.2, 0) is 9.53 Å². The molecule has 2 heterocycles. The van der Waals surface area contributed by atoms with Crippen molar-refractivity contribution >= 4 is 23.3 Å². The van der Waals surface area contributed by atoms with Crippen LogP contribution in [0.25, 0.3) is 6.08 Å². The first-order valence-electron chi connectivity index (χ1n) is 8.04. The number of hydrogen-bond acceptors (Lipinski definition) is 6. The molecule has 1 aliphatic heterocycles. The predicted molar refractivity (Wildman–Crippen MR) is 89.2 cm³/mol. The van der Waals surface area contributed by atoms with Gasteiger partial charge in [0.05, 0.1) is 36.1 Å². The molecular weight excluding hydrogens is 314 g/mol. The van der Waals surface area contributed by atoms with Gasteiger partial charge in [0, 0.05) is 30.6 Å². The second kappa shape index (κ2) is 7.53. The van der Waals surface area contributed by atoms with Crippen molar-refractivity contribution in [2.75, 3.05) is 26.3 Å². The van der Waals surface area contributed by atoms with Gasteiger partial charge in [-0.25, -0.2) is 4.98 Å². The summed E-state index contributed by atoms with van der Waals surface area (Å²) in [6, 6.07) is -0.0634. The van der Waals surface area contributed by atoms with Crippen molar-refractivity contribution in [1.29, 1.82) is 0 Å². The van der Waals surface area contributed by atoms with Gasteiger partial charge in [0.2, 0.25) is 5.91 Å². The number of nitrogens with zero attached hydrogens (tertiary/aromatic N) is 2. The zero-order valence-corrected chi connectivity index (χ0v) is 14.1. The molecule has 23 heavy (non-hydrogen) atoms. The lowest BCUT2D eigenvalue weighted by Crippen LogP contribution is -2.51. The van der Waals surface area contributed by atoms with Crippen LogP contribution in [0.4, 0.5) is 0 Å². The first-order chi connectivity index (χ1) is 11.1. The fourth-order valence-electron chi connectivity index (χ4n) is 3.27. The van der Waals surface area contributed by atoms with Crippen LogP contribution >= 0.6 is 11.3 Å². The van der Waals surface area contributed by atoms with E-state index in [0.717, 1.165) is 49.8 Å². The van der Waals surface area contributed by atoms with Crippen LogP contribution in [0.15, 0.2) is 11.5 Å². The van der Waals surface area contributed by atoms with Crippen LogP contribution in [0.2, 0.25) is 0 Å². The van der Waals surface area contributed by atoms with Gasteiger partial charge in [0.15, 0.2) is 0 Å². The van der Waals surface area contributed by atoms with E-state index in [1.165, 1.54) is 6.08 Å². The highest BCUT2D eigenvalue weighted by Gasteiger charge is 2.39. The Labute approximate surface area is 140 Å². The highest BCUT2D eigenvalue weighted by atomic mass is 32.1. The standard InChI is InChI=1S/C16H23N3O3S/c1-11-17-12(10-23-11)2-5-15(20)18-13-3-4-14(16(13)21)19-6-8-22-9-7-19/h2,5,10,13-14,16,21H,3-4,6-9H2,1H3,(H,18,20)/b5-2+/t13-,14-,16-/m1/s1. The van der Waals surface area contributed by atoms with Crippen molar-refractivity contribution in [3.8, 4) is 0 Å². The van der Waals surface area contributed by atoms with Crippen molar-refractivity contribution in [3.63, 3.8) is 0 Å². The molecule has 2 fully saturated rings. The maximum Gasteiger partial charge on any atom is 0.244 e. The van der Waals surface area contributed by atoms with Gasteiger partial charge in [-0.2, -0.15) is 0 Å². The van der Waals surface area contributed by atoms with Gasteiger partial charge in [0.1, 0.15) is 0 Å². The molecule has 3 atom stereocenters. The van der Waals surface area contributed by atoms with Crippen molar-refractivity contribution in [1.82, 2.24) is 15.2 Å². The lowest BCUT2D eigenvalue weighted by atomic mass is 10.1. The SMILES string of the molecule is Cc1nc(/C=C/C(=O)N[C@@H]2CC[C@@H](N3CCOCC3)[C@@H]2O)cs1. The van der Waals surface area contributed by atoms with Crippen molar-refractivity contribution in [2.24, 2.45) is 0 Å². The summed E-state index contributed by atoms with van der Waals surface area (Å²) in [5.41, 5.74) is 0.792. The minimum atomic E-state index is -0.521. The number of aryl methyl sites for hydroxylation is 1. The topological polar surface area (TPSA) is 74.7 Å². The maximum atomic E-state index is 12.0. The molecule has 1 aliphatic carbocycles. The summed E-state index contributed by atoms with van der Waals surface area (Å²) in [6.45, 7) is 5.08. The molecule has 0 spiro atoms. The number of aliphatic hydroxyl groups is 1. The van der Waals surface area contributed by atoms with E-state index in [2.05, 4.69) is 15.2 Å². The summed E-state index contributed by atoms with van der Waals surface area (Å²) < 4.78 is 5.35. The van der Waals surface area contributed by atoms with Gasteiger partial charge in [-0.1, -0.05) is 0 Å². The third kappa shape index (κ3) is 4.17. The molecule has 1 saturated heterocycles. The van der Waals surface area contributed by atoms with Crippen LogP contribution in [0.1, 0.15) is 23.5 Å². The normalized spacial score (nSPS) is 29.2. The molecule has 2 aliphatic rings. The number of amides is 1. The number of carbonyl (C=O) groups is 1. The number of carbonyl (C=O) groups excluding carboxylic acids is 1. The predicted octanol–water partition coefficient (Wildman–Crippen LogP) is 0.805. The van der Waals surface area contributed by atoms with Gasteiger partial charge < -0.3 is 15.2 Å². The summed E-state index contributed by atoms with van der Waals surface area (Å²) in [5, 5.41) is 16.3. The molecule has 0 radical (unpaired) electrons. The molecule has 0 unspecified atom stereocenters. The molecule has 1 amide bonds. The molecular formula is C16H23N3O3S. The Hall–Kier alpha value is -1.28. The van der Waals surface area contributed by atoms with Crippen LogP contribution in [0.3, 0.4) is 0 Å². The van der Waals surface area contributed by atoms with Gasteiger partial charge >= 0.3 is 0 Å². The Balaban J connectivity index is 1.51. The molecule has 0 aromatic carbocycles. The molecule has 2 N–H and O–H groups in total. The minimum Gasteiger partial charge on any atom is -0.389 e. The molecule has 1 aromatic rings. The van der Waals surface area contributed by atoms with Crippen LogP contribution in [0, 0.1) is 6.92 Å². The summed E-state index contributed by atoms with van der Waals surface area (Å²) in [5.74, 6) is -0.178. The van der Waals surface area contributed by atoms with E-state index in [-0.39, 0.29) is 18.0 Å². The first-order valence-corrected chi connectivity index (χ1v) is 8.92. The maximum absolute atomic E-state index is 12.0. The smallest absolute Gasteiger partial charge is 0.244 e. The number of morpholine rings is 1. The fraction of sp³-hybridized carbons (Fsp3) is 0.625. The van der Waals surface area contributed by atoms with E-state index in [0.29, 0.717) is 0 Å². The van der Waals surface area contributed by atoms with Gasteiger partial charge in [-0.05, 0) is 25.8 Å². The number of nitrogens with one attached hydrogen (secondary N) is 1. The zero-order valence-electron chi connectivity index (χ0n) is 13.3. The monoisotopic (exact) mass is 337 g/mol. The Kier molecular flexibility index (Phi) is 5.42. The summed E-state index contributed by atoms with van der Waals surface area (Å²) >= 11 is 1.56. The van der Waals surface area contributed by atoms with Crippen LogP contribution < -0.4 is 5.32 Å². The van der Waals surface area contributed by atoms with Crippen LogP contribution in [-0.4, -0.2) is 65.4 Å². The van der Waals surface area contributed by atoms with Gasteiger partial charge in [-0.15, -0.1) is 11.3 Å². The highest BCUT2D eigenvalue weighted by Crippen LogP contribution is 2.25. The van der Waals surface area contributed by atoms with E-state index in [1.807, 2.05) is 12.3 Å². The number of aliphatic hydroxyl groups excluding tert-OH is 1. The van der Waals surface area contributed by atoms with Crippen molar-refractivity contribution in [3.05, 3.63) is 22.2 Å². The first kappa shape index (κ1) is 16.6. The van der Waals surface area contributed by atoms with Gasteiger partial charge in [0.25, 0.3) is 0 Å². The quantitative estimate of drug-likeness (QED) is 0.795. The van der Waals surface area contributed by atoms with E-state index in [1.54, 1.807) is 17.4 Å². The largest absolute Gasteiger partial charge is 0.389 e. The van der Waals surface area contributed by atoms with Crippen LogP contribution in [0.5, 0.6) is 0 Å². The van der Waals surface area contributed by atoms with Crippen molar-refractivity contribution in [2.45, 2.75) is 38.0 Å². The lowest BCUT2D eigenvalue weighted by molar-refractivity contribution is -0.118. The Bertz CT molecular complexity index is 569. The summed E-state index contributed by atoms with van der Waals surface area (Å²) in [4.78, 5) is 18.6. The van der Waals surface area contributed by atoms with E-state index in [4.69, 9.17) is 4.74 Å². The molecule has 1 saturated carbocycles. The molecule has 126 valence electrons. The second-order valence-corrected chi connectivity index (χ2v) is 7.09. The summed E-state index contributed by atoms with van der Waals surface area (Å²) in [7, 11) is 0. The number of hydrogen-bond donors (Lipinski definition) is 2. The number of ether oxygens (including phenoxy) is 1. The third-order valence-electron chi connectivity index (χ3n) is 4.46. The summed E-state index contributed by atoms with van der Waals surface area (Å²) in [6.07, 6.45) is 4.38. The minimum absolute atomic E-state index is 0.120. The third-order valence-corrected chi connectivity index (χ3v) is 5.26. The number of aromatic nitrogens is 1. The Morgan fingerprint density at radius 3 is 2.96 bits per heavy atom. The lowest BCUT2D eigenvalue weighted by Gasteiger charge is -2.34. The van der Waals surface area contributed by atoms with E-state index < -0.39 is 6.10 Å². The average Bonchev–Trinajstić information content (AvgIpc) is 3.13. The molecule has 1 aromatic heterocycles. The Morgan fingerprint density at radius 1 is 1.48 bits per heavy atom.